The molecule has 0 saturated carbocycles. The van der Waals surface area contributed by atoms with Gasteiger partial charge in [-0.25, -0.2) is 9.67 Å². The fourth-order valence-corrected chi connectivity index (χ4v) is 4.00. The summed E-state index contributed by atoms with van der Waals surface area (Å²) >= 11 is 0. The van der Waals surface area contributed by atoms with Crippen molar-refractivity contribution >= 4 is 5.65 Å². The molecule has 0 aliphatic rings. The fourth-order valence-electron chi connectivity index (χ4n) is 4.00. The number of hydrogen-bond acceptors (Lipinski definition) is 5. The van der Waals surface area contributed by atoms with Gasteiger partial charge < -0.3 is 9.47 Å². The van der Waals surface area contributed by atoms with Crippen LogP contribution in [0.2, 0.25) is 0 Å². The Bertz CT molecular complexity index is 1540. The quantitative estimate of drug-likeness (QED) is 0.372. The number of nitrogens with zero attached hydrogens (tertiary/aromatic N) is 4. The maximum Gasteiger partial charge on any atom is 0.267 e. The van der Waals surface area contributed by atoms with E-state index in [1.807, 2.05) is 85.3 Å². The normalized spacial score (nSPS) is 11.0. The van der Waals surface area contributed by atoms with Gasteiger partial charge >= 0.3 is 0 Å². The van der Waals surface area contributed by atoms with Gasteiger partial charge in [-0.05, 0) is 61.9 Å². The molecule has 5 rings (SSSR count). The van der Waals surface area contributed by atoms with Crippen molar-refractivity contribution in [3.8, 4) is 28.4 Å². The Morgan fingerprint density at radius 2 is 1.76 bits per heavy atom. The van der Waals surface area contributed by atoms with Crippen LogP contribution in [0.4, 0.5) is 0 Å². The smallest absolute Gasteiger partial charge is 0.267 e. The number of para-hydroxylation sites is 1. The summed E-state index contributed by atoms with van der Waals surface area (Å²) < 4.78 is 14.7. The summed E-state index contributed by atoms with van der Waals surface area (Å²) in [5.41, 5.74) is 4.77. The fraction of sp³-hybridized carbons (Fsp3) is 0.148. The Morgan fingerprint density at radius 1 is 0.941 bits per heavy atom. The van der Waals surface area contributed by atoms with Gasteiger partial charge in [0.15, 0.2) is 11.4 Å². The molecule has 3 aromatic heterocycles. The standard InChI is InChI=1S/C27H24N4O3/c1-18-15-23(29-31(18)21-10-5-4-6-11-21)25-19(2)28-26-24(13-8-14-30(26)27(25)32)34-17-20-9-7-12-22(16-20)33-3/h4-16H,17H2,1-3H3. The van der Waals surface area contributed by atoms with Gasteiger partial charge in [0.25, 0.3) is 5.56 Å². The Hall–Kier alpha value is -4.39. The number of ether oxygens (including phenoxy) is 2. The van der Waals surface area contributed by atoms with Crippen LogP contribution in [0.25, 0.3) is 22.6 Å². The molecule has 0 saturated heterocycles. The van der Waals surface area contributed by atoms with Gasteiger partial charge in [0.2, 0.25) is 0 Å². The molecule has 3 heterocycles. The summed E-state index contributed by atoms with van der Waals surface area (Å²) in [5.74, 6) is 1.29. The van der Waals surface area contributed by atoms with Crippen LogP contribution in [0.5, 0.6) is 11.5 Å². The molecule has 0 aliphatic carbocycles. The van der Waals surface area contributed by atoms with Gasteiger partial charge in [0, 0.05) is 11.9 Å². The Morgan fingerprint density at radius 3 is 2.56 bits per heavy atom. The van der Waals surface area contributed by atoms with Crippen LogP contribution in [0, 0.1) is 13.8 Å². The molecular formula is C27H24N4O3. The second-order valence-corrected chi connectivity index (χ2v) is 8.00. The summed E-state index contributed by atoms with van der Waals surface area (Å²) in [6.45, 7) is 4.12. The van der Waals surface area contributed by atoms with E-state index < -0.39 is 0 Å². The second-order valence-electron chi connectivity index (χ2n) is 8.00. The number of hydrogen-bond donors (Lipinski definition) is 0. The van der Waals surface area contributed by atoms with Crippen LogP contribution >= 0.6 is 0 Å². The lowest BCUT2D eigenvalue weighted by Crippen LogP contribution is -2.19. The minimum Gasteiger partial charge on any atom is -0.497 e. The molecule has 0 amide bonds. The van der Waals surface area contributed by atoms with Crippen molar-refractivity contribution < 1.29 is 9.47 Å². The molecule has 0 N–H and O–H groups in total. The number of methoxy groups -OCH3 is 1. The Kier molecular flexibility index (Phi) is 5.59. The van der Waals surface area contributed by atoms with Crippen LogP contribution < -0.4 is 15.0 Å². The largest absolute Gasteiger partial charge is 0.497 e. The van der Waals surface area contributed by atoms with Crippen molar-refractivity contribution in [1.82, 2.24) is 19.2 Å². The molecule has 0 radical (unpaired) electrons. The maximum absolute atomic E-state index is 13.5. The Balaban J connectivity index is 1.53. The maximum atomic E-state index is 13.5. The van der Waals surface area contributed by atoms with Crippen LogP contribution in [0.1, 0.15) is 17.0 Å². The van der Waals surface area contributed by atoms with Crippen LogP contribution in [-0.2, 0) is 6.61 Å². The van der Waals surface area contributed by atoms with Gasteiger partial charge in [-0.1, -0.05) is 30.3 Å². The van der Waals surface area contributed by atoms with Crippen molar-refractivity contribution in [2.24, 2.45) is 0 Å². The topological polar surface area (TPSA) is 70.7 Å². The zero-order valence-corrected chi connectivity index (χ0v) is 19.2. The first-order valence-electron chi connectivity index (χ1n) is 11.0. The lowest BCUT2D eigenvalue weighted by Gasteiger charge is -2.12. The highest BCUT2D eigenvalue weighted by Crippen LogP contribution is 2.25. The summed E-state index contributed by atoms with van der Waals surface area (Å²) in [7, 11) is 1.63. The SMILES string of the molecule is COc1cccc(COc2cccn3c(=O)c(-c4cc(C)n(-c5ccccc5)n4)c(C)nc23)c1. The number of aromatic nitrogens is 4. The van der Waals surface area contributed by atoms with Crippen molar-refractivity contribution in [3.05, 3.63) is 106 Å². The molecular weight excluding hydrogens is 428 g/mol. The zero-order chi connectivity index (χ0) is 23.7. The van der Waals surface area contributed by atoms with Crippen molar-refractivity contribution in [2.75, 3.05) is 7.11 Å². The van der Waals surface area contributed by atoms with E-state index >= 15 is 0 Å². The minimum absolute atomic E-state index is 0.188. The molecule has 7 heteroatoms. The number of benzene rings is 2. The molecule has 0 atom stereocenters. The van der Waals surface area contributed by atoms with Crippen molar-refractivity contribution in [3.63, 3.8) is 0 Å². The molecule has 0 unspecified atom stereocenters. The van der Waals surface area contributed by atoms with Gasteiger partial charge in [-0.3, -0.25) is 9.20 Å². The molecule has 170 valence electrons. The highest BCUT2D eigenvalue weighted by Gasteiger charge is 2.18. The average Bonchev–Trinajstić information content (AvgIpc) is 3.24. The lowest BCUT2D eigenvalue weighted by molar-refractivity contribution is 0.306. The van der Waals surface area contributed by atoms with Gasteiger partial charge in [0.1, 0.15) is 18.1 Å². The molecule has 5 aromatic rings. The van der Waals surface area contributed by atoms with E-state index in [-0.39, 0.29) is 5.56 Å². The second kappa shape index (κ2) is 8.86. The molecule has 34 heavy (non-hydrogen) atoms. The van der Waals surface area contributed by atoms with Gasteiger partial charge in [0.05, 0.1) is 24.1 Å². The summed E-state index contributed by atoms with van der Waals surface area (Å²) in [5, 5.41) is 4.71. The number of aryl methyl sites for hydroxylation is 2. The van der Waals surface area contributed by atoms with E-state index in [0.29, 0.717) is 35.0 Å². The van der Waals surface area contributed by atoms with Gasteiger partial charge in [-0.15, -0.1) is 0 Å². The number of rotatable bonds is 6. The van der Waals surface area contributed by atoms with Crippen LogP contribution in [-0.4, -0.2) is 26.3 Å². The van der Waals surface area contributed by atoms with Crippen LogP contribution in [0.15, 0.2) is 83.8 Å². The zero-order valence-electron chi connectivity index (χ0n) is 19.2. The van der Waals surface area contributed by atoms with Crippen molar-refractivity contribution in [2.45, 2.75) is 20.5 Å². The summed E-state index contributed by atoms with van der Waals surface area (Å²) in [4.78, 5) is 18.3. The predicted octanol–water partition coefficient (Wildman–Crippen LogP) is 4.75. The number of fused-ring (bicyclic) bond motifs is 1. The number of pyridine rings is 1. The summed E-state index contributed by atoms with van der Waals surface area (Å²) in [6.07, 6.45) is 1.70. The van der Waals surface area contributed by atoms with E-state index in [1.54, 1.807) is 19.4 Å². The van der Waals surface area contributed by atoms with E-state index in [1.165, 1.54) is 4.40 Å². The Labute approximate surface area is 196 Å². The highest BCUT2D eigenvalue weighted by atomic mass is 16.5. The van der Waals surface area contributed by atoms with E-state index in [9.17, 15) is 4.79 Å². The minimum atomic E-state index is -0.188. The first-order valence-corrected chi connectivity index (χ1v) is 11.0. The van der Waals surface area contributed by atoms with E-state index in [2.05, 4.69) is 0 Å². The molecule has 0 fully saturated rings. The monoisotopic (exact) mass is 452 g/mol. The third-order valence-electron chi connectivity index (χ3n) is 5.67. The molecule has 0 aliphatic heterocycles. The molecule has 0 spiro atoms. The first-order chi connectivity index (χ1) is 16.5. The van der Waals surface area contributed by atoms with Crippen LogP contribution in [0.3, 0.4) is 0 Å². The molecule has 2 aromatic carbocycles. The predicted molar refractivity (Wildman–Crippen MR) is 131 cm³/mol. The average molecular weight is 453 g/mol. The van der Waals surface area contributed by atoms with E-state index in [0.717, 1.165) is 22.7 Å². The van der Waals surface area contributed by atoms with Gasteiger partial charge in [-0.2, -0.15) is 5.10 Å². The highest BCUT2D eigenvalue weighted by molar-refractivity contribution is 5.65. The third-order valence-corrected chi connectivity index (χ3v) is 5.67. The van der Waals surface area contributed by atoms with Crippen molar-refractivity contribution in [1.29, 1.82) is 0 Å². The van der Waals surface area contributed by atoms with E-state index in [4.69, 9.17) is 19.6 Å². The molecule has 0 bridgehead atoms. The third kappa shape index (κ3) is 3.92. The lowest BCUT2D eigenvalue weighted by atomic mass is 10.1. The first kappa shape index (κ1) is 21.5. The summed E-state index contributed by atoms with van der Waals surface area (Å²) in [6, 6.07) is 23.0. The molecule has 7 nitrogen and oxygen atoms in total.